The zero-order valence-corrected chi connectivity index (χ0v) is 14.0. The molecule has 0 atom stereocenters. The quantitative estimate of drug-likeness (QED) is 0.783. The van der Waals surface area contributed by atoms with Crippen molar-refractivity contribution >= 4 is 16.0 Å². The topological polar surface area (TPSA) is 63.7 Å². The van der Waals surface area contributed by atoms with Gasteiger partial charge in [-0.1, -0.05) is 18.2 Å². The lowest BCUT2D eigenvalue weighted by Crippen LogP contribution is -2.42. The zero-order valence-electron chi connectivity index (χ0n) is 13.2. The van der Waals surface area contributed by atoms with Crippen LogP contribution in [0.4, 0.5) is 0 Å². The second-order valence-electron chi connectivity index (χ2n) is 6.04. The van der Waals surface area contributed by atoms with Crippen molar-refractivity contribution in [3.8, 4) is 0 Å². The summed E-state index contributed by atoms with van der Waals surface area (Å²) in [6.45, 7) is 8.39. The molecule has 0 spiro atoms. The monoisotopic (exact) mass is 313 g/mol. The summed E-state index contributed by atoms with van der Waals surface area (Å²) in [5.41, 5.74) is -0.643. The van der Waals surface area contributed by atoms with Gasteiger partial charge < -0.3 is 4.74 Å². The van der Waals surface area contributed by atoms with E-state index in [4.69, 9.17) is 4.74 Å². The first kappa shape index (κ1) is 17.7. The molecule has 1 rings (SSSR count). The SMILES string of the molecule is CC(C)N(CC(=O)OC(C)(C)C)S(=O)(=O)c1ccccc1. The third-order valence-corrected chi connectivity index (χ3v) is 4.67. The van der Waals surface area contributed by atoms with E-state index in [-0.39, 0.29) is 17.5 Å². The van der Waals surface area contributed by atoms with Crippen molar-refractivity contribution in [3.05, 3.63) is 30.3 Å². The average Bonchev–Trinajstić information content (AvgIpc) is 2.34. The first-order chi connectivity index (χ1) is 9.54. The average molecular weight is 313 g/mol. The van der Waals surface area contributed by atoms with Gasteiger partial charge in [0.25, 0.3) is 0 Å². The molecule has 0 aliphatic carbocycles. The highest BCUT2D eigenvalue weighted by molar-refractivity contribution is 7.89. The molecule has 0 N–H and O–H groups in total. The van der Waals surface area contributed by atoms with Crippen LogP contribution >= 0.6 is 0 Å². The van der Waals surface area contributed by atoms with Crippen LogP contribution in [-0.2, 0) is 19.6 Å². The van der Waals surface area contributed by atoms with Gasteiger partial charge in [0.05, 0.1) is 4.90 Å². The summed E-state index contributed by atoms with van der Waals surface area (Å²) in [6.07, 6.45) is 0. The largest absolute Gasteiger partial charge is 0.459 e. The molecule has 0 bridgehead atoms. The Bertz CT molecular complexity index is 573. The van der Waals surface area contributed by atoms with Gasteiger partial charge in [0.2, 0.25) is 10.0 Å². The highest BCUT2D eigenvalue weighted by Crippen LogP contribution is 2.18. The third-order valence-electron chi connectivity index (χ3n) is 2.63. The van der Waals surface area contributed by atoms with Crippen molar-refractivity contribution in [2.24, 2.45) is 0 Å². The van der Waals surface area contributed by atoms with Gasteiger partial charge in [0.1, 0.15) is 12.1 Å². The Morgan fingerprint density at radius 1 is 1.19 bits per heavy atom. The maximum atomic E-state index is 12.6. The Hall–Kier alpha value is -1.40. The minimum absolute atomic E-state index is 0.169. The molecular formula is C15H23NO4S. The van der Waals surface area contributed by atoms with Crippen LogP contribution in [0, 0.1) is 0 Å². The number of rotatable bonds is 5. The first-order valence-electron chi connectivity index (χ1n) is 6.83. The summed E-state index contributed by atoms with van der Waals surface area (Å²) in [6, 6.07) is 7.73. The lowest BCUT2D eigenvalue weighted by Gasteiger charge is -2.27. The smallest absolute Gasteiger partial charge is 0.321 e. The van der Waals surface area contributed by atoms with Crippen molar-refractivity contribution in [1.82, 2.24) is 4.31 Å². The number of hydrogen-bond donors (Lipinski definition) is 0. The molecule has 21 heavy (non-hydrogen) atoms. The van der Waals surface area contributed by atoms with E-state index in [1.165, 1.54) is 12.1 Å². The van der Waals surface area contributed by atoms with Crippen LogP contribution in [0.15, 0.2) is 35.2 Å². The number of hydrogen-bond acceptors (Lipinski definition) is 4. The van der Waals surface area contributed by atoms with Crippen molar-refractivity contribution < 1.29 is 17.9 Å². The molecule has 0 saturated carbocycles. The summed E-state index contributed by atoms with van der Waals surface area (Å²) in [4.78, 5) is 12.1. The van der Waals surface area contributed by atoms with Gasteiger partial charge >= 0.3 is 5.97 Å². The molecule has 0 aliphatic rings. The van der Waals surface area contributed by atoms with Crippen LogP contribution in [0.2, 0.25) is 0 Å². The first-order valence-corrected chi connectivity index (χ1v) is 8.27. The molecule has 0 saturated heterocycles. The van der Waals surface area contributed by atoms with Gasteiger partial charge in [0, 0.05) is 6.04 Å². The molecule has 0 aromatic heterocycles. The van der Waals surface area contributed by atoms with Gasteiger partial charge in [-0.25, -0.2) is 8.42 Å². The van der Waals surface area contributed by atoms with Crippen molar-refractivity contribution in [2.75, 3.05) is 6.54 Å². The van der Waals surface area contributed by atoms with E-state index in [9.17, 15) is 13.2 Å². The number of esters is 1. The molecule has 0 amide bonds. The third kappa shape index (κ3) is 5.13. The normalized spacial score (nSPS) is 12.7. The van der Waals surface area contributed by atoms with Gasteiger partial charge in [-0.05, 0) is 46.8 Å². The van der Waals surface area contributed by atoms with E-state index in [1.807, 2.05) is 0 Å². The van der Waals surface area contributed by atoms with E-state index in [0.717, 1.165) is 4.31 Å². The number of carbonyl (C=O) groups excluding carboxylic acids is 1. The van der Waals surface area contributed by atoms with Crippen LogP contribution < -0.4 is 0 Å². The van der Waals surface area contributed by atoms with E-state index >= 15 is 0 Å². The molecule has 1 aromatic carbocycles. The molecule has 0 unspecified atom stereocenters. The summed E-state index contributed by atoms with van der Waals surface area (Å²) in [7, 11) is -3.72. The molecular weight excluding hydrogens is 290 g/mol. The molecule has 5 nitrogen and oxygen atoms in total. The zero-order chi connectivity index (χ0) is 16.3. The highest BCUT2D eigenvalue weighted by atomic mass is 32.2. The molecule has 0 heterocycles. The van der Waals surface area contributed by atoms with E-state index in [0.29, 0.717) is 0 Å². The summed E-state index contributed by atoms with van der Waals surface area (Å²) in [5.74, 6) is -0.560. The molecule has 0 aliphatic heterocycles. The Kier molecular flexibility index (Phi) is 5.53. The Morgan fingerprint density at radius 3 is 2.14 bits per heavy atom. The number of benzene rings is 1. The van der Waals surface area contributed by atoms with Crippen LogP contribution in [0.3, 0.4) is 0 Å². The number of ether oxygens (including phenoxy) is 1. The molecule has 0 fully saturated rings. The van der Waals surface area contributed by atoms with Crippen LogP contribution in [0.5, 0.6) is 0 Å². The molecule has 0 radical (unpaired) electrons. The van der Waals surface area contributed by atoms with Gasteiger partial charge in [-0.3, -0.25) is 4.79 Å². The summed E-state index contributed by atoms with van der Waals surface area (Å²) in [5, 5.41) is 0. The minimum Gasteiger partial charge on any atom is -0.459 e. The fraction of sp³-hybridized carbons (Fsp3) is 0.533. The highest BCUT2D eigenvalue weighted by Gasteiger charge is 2.30. The molecule has 118 valence electrons. The lowest BCUT2D eigenvalue weighted by molar-refractivity contribution is -0.155. The van der Waals surface area contributed by atoms with Gasteiger partial charge in [0.15, 0.2) is 0 Å². The fourth-order valence-corrected chi connectivity index (χ4v) is 3.38. The Morgan fingerprint density at radius 2 is 1.71 bits per heavy atom. The molecule has 6 heteroatoms. The Labute approximate surface area is 127 Å². The number of carbonyl (C=O) groups is 1. The van der Waals surface area contributed by atoms with E-state index < -0.39 is 21.6 Å². The fourth-order valence-electron chi connectivity index (χ4n) is 1.77. The predicted molar refractivity (Wildman–Crippen MR) is 81.3 cm³/mol. The summed E-state index contributed by atoms with van der Waals surface area (Å²) >= 11 is 0. The number of sulfonamides is 1. The van der Waals surface area contributed by atoms with Crippen LogP contribution in [0.25, 0.3) is 0 Å². The second-order valence-corrected chi connectivity index (χ2v) is 7.93. The van der Waals surface area contributed by atoms with Crippen molar-refractivity contribution in [1.29, 1.82) is 0 Å². The standard InChI is InChI=1S/C15H23NO4S/c1-12(2)16(11-14(17)20-15(3,4)5)21(18,19)13-9-7-6-8-10-13/h6-10,12H,11H2,1-5H3. The lowest BCUT2D eigenvalue weighted by atomic mass is 10.2. The Balaban J connectivity index is 3.00. The van der Waals surface area contributed by atoms with Gasteiger partial charge in [-0.15, -0.1) is 0 Å². The summed E-state index contributed by atoms with van der Waals surface area (Å²) < 4.78 is 31.5. The molecule has 1 aromatic rings. The van der Waals surface area contributed by atoms with Crippen molar-refractivity contribution in [2.45, 2.75) is 51.2 Å². The van der Waals surface area contributed by atoms with Gasteiger partial charge in [-0.2, -0.15) is 4.31 Å². The van der Waals surface area contributed by atoms with Crippen LogP contribution in [0.1, 0.15) is 34.6 Å². The number of nitrogens with zero attached hydrogens (tertiary/aromatic N) is 1. The van der Waals surface area contributed by atoms with E-state index in [2.05, 4.69) is 0 Å². The predicted octanol–water partition coefficient (Wildman–Crippen LogP) is 2.43. The van der Waals surface area contributed by atoms with Crippen molar-refractivity contribution in [3.63, 3.8) is 0 Å². The van der Waals surface area contributed by atoms with E-state index in [1.54, 1.807) is 52.8 Å². The second kappa shape index (κ2) is 6.58. The maximum Gasteiger partial charge on any atom is 0.321 e. The minimum atomic E-state index is -3.72. The maximum absolute atomic E-state index is 12.6. The van der Waals surface area contributed by atoms with Crippen LogP contribution in [-0.4, -0.2) is 36.9 Å².